The maximum atomic E-state index is 13.8. The molecule has 0 aliphatic carbocycles. The van der Waals surface area contributed by atoms with Crippen molar-refractivity contribution in [2.45, 2.75) is 25.6 Å². The van der Waals surface area contributed by atoms with Crippen molar-refractivity contribution in [2.24, 2.45) is 0 Å². The van der Waals surface area contributed by atoms with Gasteiger partial charge in [0.1, 0.15) is 17.6 Å². The predicted octanol–water partition coefficient (Wildman–Crippen LogP) is 5.46. The van der Waals surface area contributed by atoms with Gasteiger partial charge in [-0.15, -0.1) is 0 Å². The Kier molecular flexibility index (Phi) is 8.66. The highest BCUT2D eigenvalue weighted by Gasteiger charge is 2.31. The van der Waals surface area contributed by atoms with E-state index in [0.717, 1.165) is 16.7 Å². The van der Waals surface area contributed by atoms with Crippen LogP contribution in [0.4, 0.5) is 4.39 Å². The highest BCUT2D eigenvalue weighted by molar-refractivity contribution is 5.89. The van der Waals surface area contributed by atoms with Crippen molar-refractivity contribution in [3.8, 4) is 5.75 Å². The van der Waals surface area contributed by atoms with Crippen molar-refractivity contribution in [3.05, 3.63) is 137 Å². The molecule has 1 N–H and O–H groups in total. The summed E-state index contributed by atoms with van der Waals surface area (Å²) in [6.07, 6.45) is 0.130. The van der Waals surface area contributed by atoms with E-state index >= 15 is 0 Å². The monoisotopic (exact) mass is 496 g/mol. The van der Waals surface area contributed by atoms with Gasteiger partial charge in [0, 0.05) is 18.7 Å². The summed E-state index contributed by atoms with van der Waals surface area (Å²) in [5, 5.41) is 2.99. The van der Waals surface area contributed by atoms with Crippen LogP contribution in [-0.4, -0.2) is 23.8 Å². The van der Waals surface area contributed by atoms with Gasteiger partial charge < -0.3 is 15.0 Å². The molecule has 188 valence electrons. The molecule has 0 aliphatic heterocycles. The third-order valence-corrected chi connectivity index (χ3v) is 6.11. The molecule has 0 unspecified atom stereocenters. The number of ether oxygens (including phenoxy) is 1. The molecule has 0 bridgehead atoms. The molecular weight excluding hydrogens is 467 g/mol. The second-order valence-electron chi connectivity index (χ2n) is 8.65. The Balaban J connectivity index is 1.67. The summed E-state index contributed by atoms with van der Waals surface area (Å²) in [4.78, 5) is 29.0. The zero-order chi connectivity index (χ0) is 26.0. The van der Waals surface area contributed by atoms with Gasteiger partial charge in [0.2, 0.25) is 11.8 Å². The molecule has 0 heterocycles. The van der Waals surface area contributed by atoms with Crippen LogP contribution in [0.5, 0.6) is 5.75 Å². The molecule has 4 aromatic carbocycles. The van der Waals surface area contributed by atoms with E-state index in [2.05, 4.69) is 5.32 Å². The van der Waals surface area contributed by atoms with E-state index < -0.39 is 6.04 Å². The van der Waals surface area contributed by atoms with Crippen LogP contribution in [0.15, 0.2) is 109 Å². The summed E-state index contributed by atoms with van der Waals surface area (Å²) in [6.45, 7) is 0.386. The van der Waals surface area contributed by atoms with Crippen molar-refractivity contribution in [2.75, 3.05) is 7.11 Å². The number of para-hydroxylation sites is 1. The molecule has 4 aromatic rings. The Morgan fingerprint density at radius 2 is 1.43 bits per heavy atom. The normalized spacial score (nSPS) is 11.4. The minimum absolute atomic E-state index is 0.130. The maximum Gasteiger partial charge on any atom is 0.247 e. The fourth-order valence-electron chi connectivity index (χ4n) is 4.22. The van der Waals surface area contributed by atoms with Crippen molar-refractivity contribution >= 4 is 11.8 Å². The molecule has 0 aromatic heterocycles. The van der Waals surface area contributed by atoms with Crippen LogP contribution in [0.3, 0.4) is 0 Å². The fourth-order valence-corrected chi connectivity index (χ4v) is 4.22. The Morgan fingerprint density at radius 3 is 2.11 bits per heavy atom. The number of methoxy groups -OCH3 is 1. The number of rotatable bonds is 10. The van der Waals surface area contributed by atoms with Crippen LogP contribution in [0.2, 0.25) is 0 Å². The van der Waals surface area contributed by atoms with Gasteiger partial charge in [-0.05, 0) is 34.9 Å². The summed E-state index contributed by atoms with van der Waals surface area (Å²) in [7, 11) is 1.58. The van der Waals surface area contributed by atoms with E-state index in [9.17, 15) is 14.0 Å². The van der Waals surface area contributed by atoms with E-state index in [1.54, 1.807) is 24.1 Å². The molecule has 5 nitrogen and oxygen atoms in total. The van der Waals surface area contributed by atoms with Crippen LogP contribution in [0, 0.1) is 5.82 Å². The molecule has 0 radical (unpaired) electrons. The first kappa shape index (κ1) is 25.6. The number of benzene rings is 4. The van der Waals surface area contributed by atoms with E-state index in [0.29, 0.717) is 11.3 Å². The van der Waals surface area contributed by atoms with Gasteiger partial charge in [0.25, 0.3) is 0 Å². The van der Waals surface area contributed by atoms with Gasteiger partial charge in [-0.2, -0.15) is 0 Å². The number of nitrogens with one attached hydrogen (secondary N) is 1. The Bertz CT molecular complexity index is 1310. The lowest BCUT2D eigenvalue weighted by atomic mass is 10.0. The van der Waals surface area contributed by atoms with E-state index in [4.69, 9.17) is 4.74 Å². The molecular formula is C31H29FN2O3. The Hall–Kier alpha value is -4.45. The molecule has 0 aliphatic rings. The van der Waals surface area contributed by atoms with E-state index in [-0.39, 0.29) is 37.1 Å². The van der Waals surface area contributed by atoms with Gasteiger partial charge in [-0.25, -0.2) is 4.39 Å². The van der Waals surface area contributed by atoms with Gasteiger partial charge in [0.05, 0.1) is 13.5 Å². The van der Waals surface area contributed by atoms with Gasteiger partial charge in [0.15, 0.2) is 0 Å². The van der Waals surface area contributed by atoms with Crippen LogP contribution < -0.4 is 10.1 Å². The predicted molar refractivity (Wildman–Crippen MR) is 141 cm³/mol. The molecule has 0 saturated heterocycles. The summed E-state index contributed by atoms with van der Waals surface area (Å²) >= 11 is 0. The summed E-state index contributed by atoms with van der Waals surface area (Å²) in [5.41, 5.74) is 3.08. The van der Waals surface area contributed by atoms with Gasteiger partial charge in [-0.1, -0.05) is 91.0 Å². The molecule has 0 saturated carbocycles. The summed E-state index contributed by atoms with van der Waals surface area (Å²) in [5.74, 6) is -0.222. The lowest BCUT2D eigenvalue weighted by molar-refractivity contribution is -0.141. The zero-order valence-corrected chi connectivity index (χ0v) is 20.6. The second-order valence-corrected chi connectivity index (χ2v) is 8.65. The van der Waals surface area contributed by atoms with Crippen molar-refractivity contribution in [3.63, 3.8) is 0 Å². The average molecular weight is 497 g/mol. The highest BCUT2D eigenvalue weighted by Crippen LogP contribution is 2.26. The minimum Gasteiger partial charge on any atom is -0.496 e. The lowest BCUT2D eigenvalue weighted by Gasteiger charge is -2.32. The summed E-state index contributed by atoms with van der Waals surface area (Å²) < 4.78 is 19.0. The highest BCUT2D eigenvalue weighted by atomic mass is 19.1. The second kappa shape index (κ2) is 12.5. The first-order valence-corrected chi connectivity index (χ1v) is 12.1. The number of amides is 2. The smallest absolute Gasteiger partial charge is 0.247 e. The minimum atomic E-state index is -0.892. The standard InChI is InChI=1S/C31H29FN2O3/c1-37-28-15-9-8-14-26(28)21-33-31(36)30(25-12-6-3-7-13-25)34(22-24-16-18-27(32)19-17-24)29(35)20-23-10-4-2-5-11-23/h2-19,30H,20-22H2,1H3,(H,33,36)/t30-/m1/s1. The zero-order valence-electron chi connectivity index (χ0n) is 20.6. The molecule has 1 atom stereocenters. The molecule has 0 spiro atoms. The Labute approximate surface area is 216 Å². The van der Waals surface area contributed by atoms with E-state index in [1.165, 1.54) is 12.1 Å². The first-order chi connectivity index (χ1) is 18.0. The average Bonchev–Trinajstić information content (AvgIpc) is 2.94. The molecule has 37 heavy (non-hydrogen) atoms. The van der Waals surface area contributed by atoms with Crippen LogP contribution in [0.1, 0.15) is 28.3 Å². The third kappa shape index (κ3) is 6.82. The largest absolute Gasteiger partial charge is 0.496 e. The molecule has 6 heteroatoms. The molecule has 4 rings (SSSR count). The maximum absolute atomic E-state index is 13.8. The molecule has 0 fully saturated rings. The number of hydrogen-bond acceptors (Lipinski definition) is 3. The van der Waals surface area contributed by atoms with Crippen LogP contribution >= 0.6 is 0 Å². The topological polar surface area (TPSA) is 58.6 Å². The molecule has 2 amide bonds. The third-order valence-electron chi connectivity index (χ3n) is 6.11. The summed E-state index contributed by atoms with van der Waals surface area (Å²) in [6, 6.07) is 31.2. The number of halogens is 1. The van der Waals surface area contributed by atoms with Gasteiger partial charge in [-0.3, -0.25) is 9.59 Å². The number of carbonyl (C=O) groups excluding carboxylic acids is 2. The van der Waals surface area contributed by atoms with E-state index in [1.807, 2.05) is 84.9 Å². The number of carbonyl (C=O) groups is 2. The quantitative estimate of drug-likeness (QED) is 0.317. The van der Waals surface area contributed by atoms with Crippen molar-refractivity contribution in [1.29, 1.82) is 0 Å². The van der Waals surface area contributed by atoms with Crippen molar-refractivity contribution in [1.82, 2.24) is 10.2 Å². The van der Waals surface area contributed by atoms with Crippen molar-refractivity contribution < 1.29 is 18.7 Å². The Morgan fingerprint density at radius 1 is 0.811 bits per heavy atom. The van der Waals surface area contributed by atoms with Crippen LogP contribution in [-0.2, 0) is 29.1 Å². The number of hydrogen-bond donors (Lipinski definition) is 1. The van der Waals surface area contributed by atoms with Gasteiger partial charge >= 0.3 is 0 Å². The fraction of sp³-hybridized carbons (Fsp3) is 0.161. The van der Waals surface area contributed by atoms with Crippen LogP contribution in [0.25, 0.3) is 0 Å². The number of nitrogens with zero attached hydrogens (tertiary/aromatic N) is 1. The lowest BCUT2D eigenvalue weighted by Crippen LogP contribution is -2.43. The first-order valence-electron chi connectivity index (χ1n) is 12.1. The SMILES string of the molecule is COc1ccccc1CNC(=O)[C@@H](c1ccccc1)N(Cc1ccc(F)cc1)C(=O)Cc1ccccc1.